The van der Waals surface area contributed by atoms with Crippen LogP contribution in [0.3, 0.4) is 0 Å². The van der Waals surface area contributed by atoms with Crippen LogP contribution in [0.2, 0.25) is 0 Å². The number of aryl methyl sites for hydroxylation is 1. The number of carbonyl (C=O) groups excluding carboxylic acids is 1. The summed E-state index contributed by atoms with van der Waals surface area (Å²) in [4.78, 5) is 37.9. The molecule has 8 heteroatoms. The Labute approximate surface area is 124 Å². The van der Waals surface area contributed by atoms with Crippen LogP contribution in [-0.2, 0) is 7.05 Å². The highest BCUT2D eigenvalue weighted by Gasteiger charge is 2.14. The monoisotopic (exact) mass is 296 g/mol. The van der Waals surface area contributed by atoms with Gasteiger partial charge in [0.15, 0.2) is 11.5 Å². The van der Waals surface area contributed by atoms with Crippen molar-refractivity contribution in [2.24, 2.45) is 17.8 Å². The van der Waals surface area contributed by atoms with Crippen molar-refractivity contribution in [3.8, 4) is 0 Å². The summed E-state index contributed by atoms with van der Waals surface area (Å²) in [6.45, 7) is 0. The van der Waals surface area contributed by atoms with E-state index in [1.807, 2.05) is 0 Å². The quantitative estimate of drug-likeness (QED) is 0.517. The first-order chi connectivity index (χ1) is 10.6. The topological polar surface area (TPSA) is 119 Å². The molecule has 0 saturated heterocycles. The van der Waals surface area contributed by atoms with E-state index >= 15 is 0 Å². The van der Waals surface area contributed by atoms with Gasteiger partial charge in [0.05, 0.1) is 6.33 Å². The number of nitrogens with two attached hydrogens (primary N) is 1. The van der Waals surface area contributed by atoms with Gasteiger partial charge in [-0.15, -0.1) is 0 Å². The van der Waals surface area contributed by atoms with Crippen molar-refractivity contribution in [1.82, 2.24) is 19.5 Å². The second-order valence-electron chi connectivity index (χ2n) is 4.61. The lowest BCUT2D eigenvalue weighted by atomic mass is 10.2. The lowest BCUT2D eigenvalue weighted by molar-refractivity contribution is 0.100. The number of H-pyrrole nitrogens is 1. The van der Waals surface area contributed by atoms with Gasteiger partial charge in [0, 0.05) is 12.6 Å². The standard InChI is InChI=1S/C14H12N6O2/c1-20-7-16-10-9(17-14(22)19-12(10)20)11(15)18-13(21)8-5-3-2-4-6-8/h2-7H,1H3,(H2,15,18,21)(H,17,19,22). The molecule has 2 aromatic heterocycles. The van der Waals surface area contributed by atoms with Gasteiger partial charge in [-0.3, -0.25) is 4.79 Å². The van der Waals surface area contributed by atoms with Gasteiger partial charge in [-0.2, -0.15) is 9.98 Å². The summed E-state index contributed by atoms with van der Waals surface area (Å²) in [7, 11) is 1.70. The van der Waals surface area contributed by atoms with Gasteiger partial charge in [-0.1, -0.05) is 18.2 Å². The maximum atomic E-state index is 12.1. The highest BCUT2D eigenvalue weighted by Crippen LogP contribution is 2.10. The lowest BCUT2D eigenvalue weighted by Gasteiger charge is -2.02. The van der Waals surface area contributed by atoms with Crippen molar-refractivity contribution in [2.75, 3.05) is 0 Å². The summed E-state index contributed by atoms with van der Waals surface area (Å²) in [6, 6.07) is 8.51. The van der Waals surface area contributed by atoms with E-state index in [-0.39, 0.29) is 11.5 Å². The molecule has 3 N–H and O–H groups in total. The minimum atomic E-state index is -0.587. The number of fused-ring (bicyclic) bond motifs is 1. The number of amides is 1. The third-order valence-corrected chi connectivity index (χ3v) is 3.08. The van der Waals surface area contributed by atoms with Crippen molar-refractivity contribution in [2.45, 2.75) is 0 Å². The molecule has 110 valence electrons. The summed E-state index contributed by atoms with van der Waals surface area (Å²) >= 11 is 0. The van der Waals surface area contributed by atoms with Crippen LogP contribution in [0, 0.1) is 0 Å². The van der Waals surface area contributed by atoms with Gasteiger partial charge in [-0.25, -0.2) is 9.78 Å². The fraction of sp³-hybridized carbons (Fsp3) is 0.0714. The van der Waals surface area contributed by atoms with Gasteiger partial charge in [0.1, 0.15) is 11.2 Å². The Balaban J connectivity index is 2.09. The van der Waals surface area contributed by atoms with Crippen LogP contribution < -0.4 is 11.4 Å². The average molecular weight is 296 g/mol. The van der Waals surface area contributed by atoms with Crippen LogP contribution >= 0.6 is 0 Å². The second kappa shape index (κ2) is 5.24. The second-order valence-corrected chi connectivity index (χ2v) is 4.61. The molecule has 0 aliphatic carbocycles. The molecule has 0 aliphatic rings. The van der Waals surface area contributed by atoms with Crippen LogP contribution in [0.25, 0.3) is 11.2 Å². The van der Waals surface area contributed by atoms with Crippen molar-refractivity contribution in [3.05, 3.63) is 58.4 Å². The molecular weight excluding hydrogens is 284 g/mol. The van der Waals surface area contributed by atoms with Gasteiger partial charge in [0.25, 0.3) is 5.91 Å². The molecule has 0 aliphatic heterocycles. The average Bonchev–Trinajstić information content (AvgIpc) is 2.88. The van der Waals surface area contributed by atoms with Gasteiger partial charge < -0.3 is 15.3 Å². The number of amidine groups is 1. The van der Waals surface area contributed by atoms with Crippen molar-refractivity contribution >= 4 is 22.9 Å². The van der Waals surface area contributed by atoms with E-state index in [1.54, 1.807) is 41.9 Å². The number of benzene rings is 1. The molecule has 0 atom stereocenters. The zero-order valence-electron chi connectivity index (χ0n) is 11.6. The molecule has 3 aromatic rings. The fourth-order valence-corrected chi connectivity index (χ4v) is 2.02. The maximum Gasteiger partial charge on any atom is 0.347 e. The Kier molecular flexibility index (Phi) is 3.26. The van der Waals surface area contributed by atoms with Crippen molar-refractivity contribution < 1.29 is 4.79 Å². The molecule has 0 spiro atoms. The molecule has 8 nitrogen and oxygen atoms in total. The molecule has 1 aromatic carbocycles. The molecule has 0 radical (unpaired) electrons. The predicted molar refractivity (Wildman–Crippen MR) is 80.6 cm³/mol. The number of nitrogens with one attached hydrogen (secondary N) is 1. The molecule has 0 bridgehead atoms. The number of rotatable bonds is 2. The van der Waals surface area contributed by atoms with Crippen LogP contribution in [0.15, 0.2) is 46.4 Å². The van der Waals surface area contributed by atoms with E-state index < -0.39 is 11.6 Å². The molecule has 3 rings (SSSR count). The predicted octanol–water partition coefficient (Wildman–Crippen LogP) is 0.202. The third kappa shape index (κ3) is 2.37. The van der Waals surface area contributed by atoms with Crippen molar-refractivity contribution in [3.63, 3.8) is 0 Å². The molecular formula is C14H12N6O2. The number of aliphatic imine (C=N–C) groups is 1. The minimum Gasteiger partial charge on any atom is -0.382 e. The number of hydrogen-bond donors (Lipinski definition) is 2. The smallest absolute Gasteiger partial charge is 0.347 e. The molecule has 0 saturated carbocycles. The summed E-state index contributed by atoms with van der Waals surface area (Å²) in [5, 5.41) is 0. The van der Waals surface area contributed by atoms with E-state index in [0.29, 0.717) is 16.7 Å². The molecule has 0 unspecified atom stereocenters. The van der Waals surface area contributed by atoms with Crippen LogP contribution in [0.4, 0.5) is 0 Å². The fourth-order valence-electron chi connectivity index (χ4n) is 2.02. The Bertz CT molecular complexity index is 939. The molecule has 2 heterocycles. The van der Waals surface area contributed by atoms with E-state index in [4.69, 9.17) is 5.73 Å². The summed E-state index contributed by atoms with van der Waals surface area (Å²) < 4.78 is 1.58. The Morgan fingerprint density at radius 2 is 2.05 bits per heavy atom. The minimum absolute atomic E-state index is 0.114. The summed E-state index contributed by atoms with van der Waals surface area (Å²) in [5.41, 5.74) is 6.60. The van der Waals surface area contributed by atoms with Crippen LogP contribution in [0.5, 0.6) is 0 Å². The normalized spacial score (nSPS) is 11.8. The highest BCUT2D eigenvalue weighted by molar-refractivity contribution is 6.11. The van der Waals surface area contributed by atoms with Crippen LogP contribution in [-0.4, -0.2) is 31.3 Å². The number of hydrogen-bond acceptors (Lipinski definition) is 4. The number of aromatic nitrogens is 4. The zero-order chi connectivity index (χ0) is 15.7. The number of nitrogens with zero attached hydrogens (tertiary/aromatic N) is 4. The van der Waals surface area contributed by atoms with Gasteiger partial charge in [-0.05, 0) is 12.1 Å². The molecule has 1 amide bonds. The first-order valence-corrected chi connectivity index (χ1v) is 6.41. The zero-order valence-corrected chi connectivity index (χ0v) is 11.6. The highest BCUT2D eigenvalue weighted by atomic mass is 16.1. The van der Waals surface area contributed by atoms with Gasteiger partial charge in [0.2, 0.25) is 0 Å². The van der Waals surface area contributed by atoms with E-state index in [2.05, 4.69) is 19.9 Å². The van der Waals surface area contributed by atoms with E-state index in [0.717, 1.165) is 0 Å². The summed E-state index contributed by atoms with van der Waals surface area (Å²) in [6.07, 6.45) is 1.50. The van der Waals surface area contributed by atoms with E-state index in [1.165, 1.54) is 6.33 Å². The number of carbonyl (C=O) groups is 1. The van der Waals surface area contributed by atoms with Crippen LogP contribution in [0.1, 0.15) is 16.1 Å². The Morgan fingerprint density at radius 3 is 2.77 bits per heavy atom. The molecule has 22 heavy (non-hydrogen) atoms. The van der Waals surface area contributed by atoms with E-state index in [9.17, 15) is 9.59 Å². The number of imidazole rings is 1. The Hall–Kier alpha value is -3.29. The van der Waals surface area contributed by atoms with Crippen molar-refractivity contribution in [1.29, 1.82) is 0 Å². The Morgan fingerprint density at radius 1 is 1.32 bits per heavy atom. The number of aromatic amines is 1. The summed E-state index contributed by atoms with van der Waals surface area (Å²) in [5.74, 6) is -0.614. The first kappa shape index (κ1) is 13.7. The third-order valence-electron chi connectivity index (χ3n) is 3.08. The largest absolute Gasteiger partial charge is 0.382 e. The molecule has 0 fully saturated rings. The first-order valence-electron chi connectivity index (χ1n) is 6.41. The maximum absolute atomic E-state index is 12.1. The SMILES string of the molecule is Cn1cnc2c(C(N)=NC(=O)c3ccccc3)[nH]c(=O)nc21. The van der Waals surface area contributed by atoms with Gasteiger partial charge >= 0.3 is 5.69 Å². The lowest BCUT2D eigenvalue weighted by Crippen LogP contribution is -2.23.